The summed E-state index contributed by atoms with van der Waals surface area (Å²) >= 11 is 0. The lowest BCUT2D eigenvalue weighted by Gasteiger charge is -2.17. The molecular formula is C17H28N2O2. The van der Waals surface area contributed by atoms with Crippen LogP contribution >= 0.6 is 0 Å². The molecule has 1 aromatic rings. The van der Waals surface area contributed by atoms with Gasteiger partial charge in [0.1, 0.15) is 5.75 Å². The number of nitrogens with one attached hydrogen (secondary N) is 1. The van der Waals surface area contributed by atoms with Crippen molar-refractivity contribution in [3.8, 4) is 5.75 Å². The van der Waals surface area contributed by atoms with Gasteiger partial charge in [-0.15, -0.1) is 0 Å². The Morgan fingerprint density at radius 1 is 1.24 bits per heavy atom. The summed E-state index contributed by atoms with van der Waals surface area (Å²) in [4.78, 5) is 12.0. The molecule has 0 aliphatic heterocycles. The number of amides is 1. The van der Waals surface area contributed by atoms with Crippen LogP contribution in [-0.2, 0) is 11.2 Å². The molecule has 1 rings (SSSR count). The molecule has 1 aromatic carbocycles. The fraction of sp³-hybridized carbons (Fsp3) is 0.588. The summed E-state index contributed by atoms with van der Waals surface area (Å²) in [5.41, 5.74) is 6.89. The normalized spacial score (nSPS) is 13.7. The van der Waals surface area contributed by atoms with Crippen LogP contribution in [0.15, 0.2) is 24.3 Å². The Labute approximate surface area is 127 Å². The molecule has 21 heavy (non-hydrogen) atoms. The topological polar surface area (TPSA) is 75.4 Å². The van der Waals surface area contributed by atoms with Gasteiger partial charge >= 0.3 is 0 Å². The van der Waals surface area contributed by atoms with E-state index in [4.69, 9.17) is 5.73 Å². The minimum atomic E-state index is -0.548. The van der Waals surface area contributed by atoms with E-state index in [1.54, 1.807) is 24.3 Å². The zero-order chi connectivity index (χ0) is 15.7. The second-order valence-electron chi connectivity index (χ2n) is 5.74. The summed E-state index contributed by atoms with van der Waals surface area (Å²) in [5.74, 6) is 0.114. The molecule has 1 unspecified atom stereocenters. The average molecular weight is 292 g/mol. The number of phenols is 1. The SMILES string of the molecule is CCCCCCC(C)NC(=O)[C@@H](N)Cc1ccc(O)cc1. The molecule has 118 valence electrons. The molecule has 2 atom stereocenters. The first-order valence-corrected chi connectivity index (χ1v) is 7.86. The van der Waals surface area contributed by atoms with E-state index in [2.05, 4.69) is 12.2 Å². The molecule has 0 aliphatic carbocycles. The molecule has 4 N–H and O–H groups in total. The van der Waals surface area contributed by atoms with E-state index in [1.807, 2.05) is 6.92 Å². The summed E-state index contributed by atoms with van der Waals surface area (Å²) in [7, 11) is 0. The van der Waals surface area contributed by atoms with Crippen LogP contribution in [0.25, 0.3) is 0 Å². The highest BCUT2D eigenvalue weighted by atomic mass is 16.3. The van der Waals surface area contributed by atoms with Crippen molar-refractivity contribution in [2.24, 2.45) is 5.73 Å². The van der Waals surface area contributed by atoms with E-state index in [9.17, 15) is 9.90 Å². The number of unbranched alkanes of at least 4 members (excludes halogenated alkanes) is 3. The van der Waals surface area contributed by atoms with Gasteiger partial charge in [-0.3, -0.25) is 4.79 Å². The molecule has 0 heterocycles. The largest absolute Gasteiger partial charge is 0.508 e. The number of rotatable bonds is 9. The molecule has 0 fully saturated rings. The van der Waals surface area contributed by atoms with Crippen LogP contribution in [0.2, 0.25) is 0 Å². The zero-order valence-electron chi connectivity index (χ0n) is 13.1. The molecular weight excluding hydrogens is 264 g/mol. The molecule has 1 amide bonds. The van der Waals surface area contributed by atoms with Crippen LogP contribution in [0.1, 0.15) is 51.5 Å². The Morgan fingerprint density at radius 3 is 2.52 bits per heavy atom. The number of carbonyl (C=O) groups excluding carboxylic acids is 1. The Kier molecular flexibility index (Phi) is 7.83. The van der Waals surface area contributed by atoms with Gasteiger partial charge in [-0.2, -0.15) is 0 Å². The van der Waals surface area contributed by atoms with Crippen LogP contribution in [0.5, 0.6) is 5.75 Å². The second-order valence-corrected chi connectivity index (χ2v) is 5.74. The van der Waals surface area contributed by atoms with Gasteiger partial charge in [0.15, 0.2) is 0 Å². The monoisotopic (exact) mass is 292 g/mol. The Morgan fingerprint density at radius 2 is 1.90 bits per heavy atom. The van der Waals surface area contributed by atoms with Crippen molar-refractivity contribution >= 4 is 5.91 Å². The maximum Gasteiger partial charge on any atom is 0.237 e. The first kappa shape index (κ1) is 17.5. The highest BCUT2D eigenvalue weighted by molar-refractivity contribution is 5.82. The number of aromatic hydroxyl groups is 1. The van der Waals surface area contributed by atoms with Crippen LogP contribution < -0.4 is 11.1 Å². The van der Waals surface area contributed by atoms with Crippen LogP contribution in [0, 0.1) is 0 Å². The van der Waals surface area contributed by atoms with Gasteiger partial charge in [0.25, 0.3) is 0 Å². The third-order valence-corrected chi connectivity index (χ3v) is 3.61. The third-order valence-electron chi connectivity index (χ3n) is 3.61. The lowest BCUT2D eigenvalue weighted by atomic mass is 10.0. The molecule has 0 spiro atoms. The van der Waals surface area contributed by atoms with E-state index in [0.717, 1.165) is 18.4 Å². The summed E-state index contributed by atoms with van der Waals surface area (Å²) in [5, 5.41) is 12.2. The first-order valence-electron chi connectivity index (χ1n) is 7.86. The van der Waals surface area contributed by atoms with Gasteiger partial charge < -0.3 is 16.2 Å². The Bertz CT molecular complexity index is 417. The van der Waals surface area contributed by atoms with Crippen molar-refractivity contribution in [3.63, 3.8) is 0 Å². The van der Waals surface area contributed by atoms with Crippen LogP contribution in [0.4, 0.5) is 0 Å². The third kappa shape index (κ3) is 7.14. The fourth-order valence-electron chi connectivity index (χ4n) is 2.28. The molecule has 0 aliphatic rings. The summed E-state index contributed by atoms with van der Waals surface area (Å²) < 4.78 is 0. The number of phenolic OH excluding ortho intramolecular Hbond substituents is 1. The molecule has 4 nitrogen and oxygen atoms in total. The van der Waals surface area contributed by atoms with E-state index in [1.165, 1.54) is 19.3 Å². The van der Waals surface area contributed by atoms with Crippen molar-refractivity contribution in [1.29, 1.82) is 0 Å². The molecule has 0 saturated carbocycles. The fourth-order valence-corrected chi connectivity index (χ4v) is 2.28. The van der Waals surface area contributed by atoms with Gasteiger partial charge in [-0.1, -0.05) is 44.7 Å². The first-order chi connectivity index (χ1) is 10.0. The van der Waals surface area contributed by atoms with Gasteiger partial charge in [-0.05, 0) is 37.5 Å². The minimum Gasteiger partial charge on any atom is -0.508 e. The molecule has 0 radical (unpaired) electrons. The average Bonchev–Trinajstić information content (AvgIpc) is 2.46. The maximum atomic E-state index is 12.0. The minimum absolute atomic E-state index is 0.105. The standard InChI is InChI=1S/C17H28N2O2/c1-3-4-5-6-7-13(2)19-17(21)16(18)12-14-8-10-15(20)11-9-14/h8-11,13,16,20H,3-7,12,18H2,1-2H3,(H,19,21)/t13?,16-/m0/s1. The Hall–Kier alpha value is -1.55. The van der Waals surface area contributed by atoms with Gasteiger partial charge in [0, 0.05) is 6.04 Å². The quantitative estimate of drug-likeness (QED) is 0.613. The van der Waals surface area contributed by atoms with Crippen molar-refractivity contribution in [3.05, 3.63) is 29.8 Å². The van der Waals surface area contributed by atoms with E-state index >= 15 is 0 Å². The van der Waals surface area contributed by atoms with Gasteiger partial charge in [-0.25, -0.2) is 0 Å². The predicted molar refractivity (Wildman–Crippen MR) is 86.1 cm³/mol. The zero-order valence-corrected chi connectivity index (χ0v) is 13.1. The summed E-state index contributed by atoms with van der Waals surface area (Å²) in [6.07, 6.45) is 6.31. The lowest BCUT2D eigenvalue weighted by Crippen LogP contribution is -2.45. The van der Waals surface area contributed by atoms with Crippen molar-refractivity contribution in [2.75, 3.05) is 0 Å². The molecule has 0 aromatic heterocycles. The summed E-state index contributed by atoms with van der Waals surface area (Å²) in [6.45, 7) is 4.21. The van der Waals surface area contributed by atoms with Gasteiger partial charge in [0.05, 0.1) is 6.04 Å². The van der Waals surface area contributed by atoms with Crippen LogP contribution in [-0.4, -0.2) is 23.1 Å². The molecule has 0 bridgehead atoms. The summed E-state index contributed by atoms with van der Waals surface area (Å²) in [6, 6.07) is 6.41. The number of nitrogens with two attached hydrogens (primary N) is 1. The second kappa shape index (κ2) is 9.40. The molecule has 4 heteroatoms. The number of carbonyl (C=O) groups is 1. The van der Waals surface area contributed by atoms with E-state index in [0.29, 0.717) is 6.42 Å². The highest BCUT2D eigenvalue weighted by Gasteiger charge is 2.16. The number of benzene rings is 1. The Balaban J connectivity index is 2.31. The van der Waals surface area contributed by atoms with Crippen molar-refractivity contribution in [1.82, 2.24) is 5.32 Å². The molecule has 0 saturated heterocycles. The number of hydrogen-bond acceptors (Lipinski definition) is 3. The van der Waals surface area contributed by atoms with Gasteiger partial charge in [0.2, 0.25) is 5.91 Å². The maximum absolute atomic E-state index is 12.0. The van der Waals surface area contributed by atoms with Crippen LogP contribution in [0.3, 0.4) is 0 Å². The van der Waals surface area contributed by atoms with E-state index in [-0.39, 0.29) is 17.7 Å². The number of hydrogen-bond donors (Lipinski definition) is 3. The van der Waals surface area contributed by atoms with E-state index < -0.39 is 6.04 Å². The smallest absolute Gasteiger partial charge is 0.237 e. The lowest BCUT2D eigenvalue weighted by molar-refractivity contribution is -0.123. The highest BCUT2D eigenvalue weighted by Crippen LogP contribution is 2.11. The van der Waals surface area contributed by atoms with Crippen molar-refractivity contribution in [2.45, 2.75) is 64.5 Å². The predicted octanol–water partition coefficient (Wildman–Crippen LogP) is 2.74. The van der Waals surface area contributed by atoms with Crippen molar-refractivity contribution < 1.29 is 9.90 Å².